The van der Waals surface area contributed by atoms with Crippen LogP contribution in [0.4, 0.5) is 11.4 Å². The van der Waals surface area contributed by atoms with E-state index in [2.05, 4.69) is 0 Å². The second-order valence-corrected chi connectivity index (χ2v) is 4.50. The molecule has 0 N–H and O–H groups in total. The van der Waals surface area contributed by atoms with E-state index in [-0.39, 0.29) is 11.4 Å². The van der Waals surface area contributed by atoms with Gasteiger partial charge in [0.25, 0.3) is 11.4 Å². The molecule has 0 fully saturated rings. The van der Waals surface area contributed by atoms with Gasteiger partial charge in [-0.25, -0.2) is 0 Å². The smallest absolute Gasteiger partial charge is 0.258 e. The van der Waals surface area contributed by atoms with E-state index < -0.39 is 15.2 Å². The third-order valence-electron chi connectivity index (χ3n) is 2.79. The van der Waals surface area contributed by atoms with Crippen LogP contribution in [-0.2, 0) is 0 Å². The van der Waals surface area contributed by atoms with Gasteiger partial charge < -0.3 is 0 Å². The van der Waals surface area contributed by atoms with Crippen molar-refractivity contribution in [3.05, 3.63) is 79.9 Å². The number of benzene rings is 2. The van der Waals surface area contributed by atoms with E-state index in [1.165, 1.54) is 24.3 Å². The highest BCUT2D eigenvalue weighted by atomic mass is 35.5. The lowest BCUT2D eigenvalue weighted by molar-refractivity contribution is -0.385. The molecule has 0 aliphatic rings. The van der Waals surface area contributed by atoms with Gasteiger partial charge in [-0.3, -0.25) is 20.2 Å². The lowest BCUT2D eigenvalue weighted by Crippen LogP contribution is -1.95. The average molecular weight is 293 g/mol. The molecule has 7 heteroatoms. The van der Waals surface area contributed by atoms with E-state index in [1.807, 2.05) is 0 Å². The fourth-order valence-electron chi connectivity index (χ4n) is 1.72. The largest absolute Gasteiger partial charge is 0.269 e. The van der Waals surface area contributed by atoms with Crippen LogP contribution >= 0.6 is 11.6 Å². The number of hydrogen-bond donors (Lipinski definition) is 0. The monoisotopic (exact) mass is 292 g/mol. The molecule has 102 valence electrons. The molecule has 0 amide bonds. The van der Waals surface area contributed by atoms with Gasteiger partial charge in [0.15, 0.2) is 0 Å². The maximum Gasteiger partial charge on any atom is 0.269 e. The number of nitro benzene ring substituents is 2. The average Bonchev–Trinajstić information content (AvgIpc) is 2.46. The quantitative estimate of drug-likeness (QED) is 0.487. The minimum Gasteiger partial charge on any atom is -0.258 e. The summed E-state index contributed by atoms with van der Waals surface area (Å²) in [6.45, 7) is 0. The summed E-state index contributed by atoms with van der Waals surface area (Å²) in [6, 6.07) is 11.8. The number of halogens is 1. The standard InChI is InChI=1S/C13H9ClN2O4/c14-13(9-1-5-11(6-2-9)15(17)18)10-3-7-12(8-4-10)16(19)20/h1-8,13H. The molecule has 0 saturated carbocycles. The first-order valence-electron chi connectivity index (χ1n) is 5.62. The summed E-state index contributed by atoms with van der Waals surface area (Å²) in [4.78, 5) is 20.1. The van der Waals surface area contributed by atoms with Crippen molar-refractivity contribution in [2.75, 3.05) is 0 Å². The molecular formula is C13H9ClN2O4. The molecule has 0 bridgehead atoms. The van der Waals surface area contributed by atoms with E-state index in [9.17, 15) is 20.2 Å². The first-order chi connectivity index (χ1) is 9.49. The van der Waals surface area contributed by atoms with Crippen LogP contribution in [0.5, 0.6) is 0 Å². The fourth-order valence-corrected chi connectivity index (χ4v) is 2.01. The van der Waals surface area contributed by atoms with Crippen molar-refractivity contribution in [3.63, 3.8) is 0 Å². The Hall–Kier alpha value is -2.47. The molecule has 0 aliphatic heterocycles. The Morgan fingerprint density at radius 3 is 1.30 bits per heavy atom. The summed E-state index contributed by atoms with van der Waals surface area (Å²) in [5.41, 5.74) is 1.35. The first kappa shape index (κ1) is 14.0. The van der Waals surface area contributed by atoms with Gasteiger partial charge in [0.05, 0.1) is 15.2 Å². The third kappa shape index (κ3) is 2.92. The predicted octanol–water partition coefficient (Wildman–Crippen LogP) is 3.83. The summed E-state index contributed by atoms with van der Waals surface area (Å²) >= 11 is 6.26. The van der Waals surface area contributed by atoms with Crippen LogP contribution in [-0.4, -0.2) is 9.85 Å². The molecule has 0 radical (unpaired) electrons. The van der Waals surface area contributed by atoms with E-state index in [0.29, 0.717) is 11.1 Å². The van der Waals surface area contributed by atoms with Crippen LogP contribution in [0.3, 0.4) is 0 Å². The van der Waals surface area contributed by atoms with Gasteiger partial charge in [0.1, 0.15) is 0 Å². The van der Waals surface area contributed by atoms with Gasteiger partial charge in [-0.1, -0.05) is 24.3 Å². The van der Waals surface area contributed by atoms with Gasteiger partial charge >= 0.3 is 0 Å². The van der Waals surface area contributed by atoms with Gasteiger partial charge in [-0.05, 0) is 11.1 Å². The normalized spacial score (nSPS) is 10.5. The Labute approximate surface area is 118 Å². The lowest BCUT2D eigenvalue weighted by Gasteiger charge is -2.09. The molecule has 0 aromatic heterocycles. The Morgan fingerprint density at radius 2 is 1.05 bits per heavy atom. The van der Waals surface area contributed by atoms with Crippen LogP contribution in [0, 0.1) is 20.2 Å². The van der Waals surface area contributed by atoms with Crippen LogP contribution in [0.15, 0.2) is 48.5 Å². The molecule has 2 rings (SSSR count). The zero-order valence-electron chi connectivity index (χ0n) is 10.1. The highest BCUT2D eigenvalue weighted by Crippen LogP contribution is 2.30. The van der Waals surface area contributed by atoms with Crippen LogP contribution < -0.4 is 0 Å². The van der Waals surface area contributed by atoms with E-state index in [1.54, 1.807) is 24.3 Å². The van der Waals surface area contributed by atoms with Gasteiger partial charge in [0, 0.05) is 24.3 Å². The van der Waals surface area contributed by atoms with Gasteiger partial charge in [-0.15, -0.1) is 11.6 Å². The second-order valence-electron chi connectivity index (χ2n) is 4.06. The molecular weight excluding hydrogens is 284 g/mol. The molecule has 2 aromatic carbocycles. The molecule has 20 heavy (non-hydrogen) atoms. The highest BCUT2D eigenvalue weighted by Gasteiger charge is 2.14. The maximum absolute atomic E-state index is 10.6. The van der Waals surface area contributed by atoms with Crippen molar-refractivity contribution in [3.8, 4) is 0 Å². The first-order valence-corrected chi connectivity index (χ1v) is 6.05. The Balaban J connectivity index is 2.24. The summed E-state index contributed by atoms with van der Waals surface area (Å²) in [5.74, 6) is 0. The minimum atomic E-state index is -0.517. The fraction of sp³-hybridized carbons (Fsp3) is 0.0769. The molecule has 0 saturated heterocycles. The summed E-state index contributed by atoms with van der Waals surface area (Å²) in [5, 5.41) is 20.6. The third-order valence-corrected chi connectivity index (χ3v) is 3.30. The zero-order chi connectivity index (χ0) is 14.7. The number of alkyl halides is 1. The predicted molar refractivity (Wildman–Crippen MR) is 73.9 cm³/mol. The van der Waals surface area contributed by atoms with E-state index in [4.69, 9.17) is 11.6 Å². The lowest BCUT2D eigenvalue weighted by atomic mass is 10.0. The number of nitro groups is 2. The van der Waals surface area contributed by atoms with E-state index in [0.717, 1.165) is 0 Å². The maximum atomic E-state index is 10.6. The number of rotatable bonds is 4. The number of hydrogen-bond acceptors (Lipinski definition) is 4. The second kappa shape index (κ2) is 5.66. The number of nitrogens with zero attached hydrogens (tertiary/aromatic N) is 2. The highest BCUT2D eigenvalue weighted by molar-refractivity contribution is 6.22. The molecule has 0 spiro atoms. The molecule has 0 aliphatic carbocycles. The Kier molecular flexibility index (Phi) is 3.95. The molecule has 6 nitrogen and oxygen atoms in total. The van der Waals surface area contributed by atoms with Gasteiger partial charge in [-0.2, -0.15) is 0 Å². The SMILES string of the molecule is O=[N+]([O-])c1ccc(C(Cl)c2ccc([N+](=O)[O-])cc2)cc1. The Bertz CT molecular complexity index is 583. The van der Waals surface area contributed by atoms with Crippen molar-refractivity contribution in [1.29, 1.82) is 0 Å². The van der Waals surface area contributed by atoms with Gasteiger partial charge in [0.2, 0.25) is 0 Å². The van der Waals surface area contributed by atoms with Crippen molar-refractivity contribution in [1.82, 2.24) is 0 Å². The minimum absolute atomic E-state index is 0.0127. The zero-order valence-corrected chi connectivity index (χ0v) is 10.9. The number of non-ortho nitro benzene ring substituents is 2. The summed E-state index contributed by atoms with van der Waals surface area (Å²) in [6.07, 6.45) is 0. The summed E-state index contributed by atoms with van der Waals surface area (Å²) in [7, 11) is 0. The molecule has 0 atom stereocenters. The van der Waals surface area contributed by atoms with Crippen molar-refractivity contribution in [2.45, 2.75) is 5.38 Å². The summed E-state index contributed by atoms with van der Waals surface area (Å²) < 4.78 is 0. The van der Waals surface area contributed by atoms with Crippen molar-refractivity contribution in [2.24, 2.45) is 0 Å². The Morgan fingerprint density at radius 1 is 0.750 bits per heavy atom. The molecule has 0 unspecified atom stereocenters. The van der Waals surface area contributed by atoms with E-state index >= 15 is 0 Å². The van der Waals surface area contributed by atoms with Crippen molar-refractivity contribution < 1.29 is 9.85 Å². The molecule has 0 heterocycles. The van der Waals surface area contributed by atoms with Crippen LogP contribution in [0.2, 0.25) is 0 Å². The topological polar surface area (TPSA) is 86.3 Å². The van der Waals surface area contributed by atoms with Crippen LogP contribution in [0.1, 0.15) is 16.5 Å². The van der Waals surface area contributed by atoms with Crippen molar-refractivity contribution >= 4 is 23.0 Å². The molecule has 2 aromatic rings. The van der Waals surface area contributed by atoms with Crippen LogP contribution in [0.25, 0.3) is 0 Å².